The number of nitrogens with zero attached hydrogens (tertiary/aromatic N) is 2. The maximum absolute atomic E-state index is 13.5. The molecule has 28 heavy (non-hydrogen) atoms. The van der Waals surface area contributed by atoms with E-state index in [4.69, 9.17) is 16.3 Å². The Morgan fingerprint density at radius 2 is 1.57 bits per heavy atom. The predicted octanol–water partition coefficient (Wildman–Crippen LogP) is 4.41. The van der Waals surface area contributed by atoms with Crippen LogP contribution in [-0.2, 0) is 21.5 Å². The molecule has 144 valence electrons. The van der Waals surface area contributed by atoms with Crippen LogP contribution in [0.5, 0.6) is 0 Å². The summed E-state index contributed by atoms with van der Waals surface area (Å²) < 4.78 is 7.80. The Morgan fingerprint density at radius 1 is 1.04 bits per heavy atom. The minimum absolute atomic E-state index is 0.325. The number of ether oxygens (including phenoxy) is 1. The van der Waals surface area contributed by atoms with E-state index in [1.807, 2.05) is 92.3 Å². The number of esters is 1. The minimum Gasteiger partial charge on any atom is -0.457 e. The fourth-order valence-corrected chi connectivity index (χ4v) is 4.61. The van der Waals surface area contributed by atoms with Crippen molar-refractivity contribution in [3.05, 3.63) is 89.2 Å². The van der Waals surface area contributed by atoms with Crippen LogP contribution in [0.1, 0.15) is 29.3 Å². The van der Waals surface area contributed by atoms with Crippen LogP contribution in [0.25, 0.3) is 0 Å². The number of alkyl halides is 1. The molecule has 1 fully saturated rings. The van der Waals surface area contributed by atoms with Gasteiger partial charge in [0.05, 0.1) is 12.7 Å². The minimum atomic E-state index is -1.10. The molecule has 0 aliphatic carbocycles. The molecule has 0 radical (unpaired) electrons. The van der Waals surface area contributed by atoms with Gasteiger partial charge in [-0.2, -0.15) is 5.10 Å². The monoisotopic (exact) mass is 394 g/mol. The molecule has 4 nitrogen and oxygen atoms in total. The molecule has 2 heterocycles. The smallest absolute Gasteiger partial charge is 0.323 e. The topological polar surface area (TPSA) is 44.1 Å². The van der Waals surface area contributed by atoms with Gasteiger partial charge in [0.1, 0.15) is 16.4 Å². The summed E-state index contributed by atoms with van der Waals surface area (Å²) in [5.41, 5.74) is 2.70. The lowest BCUT2D eigenvalue weighted by molar-refractivity contribution is -0.145. The van der Waals surface area contributed by atoms with E-state index in [-0.39, 0.29) is 5.97 Å². The fraction of sp³-hybridized carbons (Fsp3) is 0.304. The number of hydrogen-bond acceptors (Lipinski definition) is 3. The summed E-state index contributed by atoms with van der Waals surface area (Å²) in [5.74, 6) is -0.325. The van der Waals surface area contributed by atoms with Crippen molar-refractivity contribution in [1.82, 2.24) is 9.78 Å². The van der Waals surface area contributed by atoms with Gasteiger partial charge in [-0.05, 0) is 37.5 Å². The second kappa shape index (κ2) is 6.78. The van der Waals surface area contributed by atoms with Gasteiger partial charge in [0, 0.05) is 5.69 Å². The van der Waals surface area contributed by atoms with Crippen LogP contribution < -0.4 is 0 Å². The Bertz CT molecular complexity index is 956. The Hall–Kier alpha value is -2.59. The lowest BCUT2D eigenvalue weighted by Gasteiger charge is -2.38. The molecular weight excluding hydrogens is 372 g/mol. The highest BCUT2D eigenvalue weighted by molar-refractivity contribution is 6.29. The SMILES string of the molecule is Cc1cnn(CC2OC(=O)C(c3ccccc3)(c3ccccc3)C2(C)Cl)c1C. The number of carbonyl (C=O) groups is 1. The normalized spacial score (nSPS) is 23.6. The summed E-state index contributed by atoms with van der Waals surface area (Å²) >= 11 is 7.24. The summed E-state index contributed by atoms with van der Waals surface area (Å²) in [6.45, 7) is 6.33. The van der Waals surface area contributed by atoms with Crippen molar-refractivity contribution in [2.45, 2.75) is 43.7 Å². The molecule has 0 N–H and O–H groups in total. The number of carbonyl (C=O) groups excluding carboxylic acids is 1. The number of halogens is 1. The van der Waals surface area contributed by atoms with E-state index < -0.39 is 16.4 Å². The highest BCUT2D eigenvalue weighted by Crippen LogP contribution is 2.54. The van der Waals surface area contributed by atoms with Crippen LogP contribution in [0.2, 0.25) is 0 Å². The maximum Gasteiger partial charge on any atom is 0.323 e. The molecule has 1 aliphatic heterocycles. The van der Waals surface area contributed by atoms with Crippen LogP contribution >= 0.6 is 11.6 Å². The molecule has 5 heteroatoms. The van der Waals surface area contributed by atoms with Crippen LogP contribution in [0, 0.1) is 13.8 Å². The molecule has 2 aromatic carbocycles. The molecule has 4 rings (SSSR count). The van der Waals surface area contributed by atoms with Gasteiger partial charge in [-0.25, -0.2) is 0 Å². The molecule has 1 aliphatic rings. The van der Waals surface area contributed by atoms with Gasteiger partial charge >= 0.3 is 5.97 Å². The van der Waals surface area contributed by atoms with E-state index in [2.05, 4.69) is 5.10 Å². The molecule has 0 bridgehead atoms. The van der Waals surface area contributed by atoms with E-state index in [9.17, 15) is 4.79 Å². The van der Waals surface area contributed by atoms with Crippen molar-refractivity contribution in [2.24, 2.45) is 0 Å². The Labute approximate surface area is 170 Å². The highest BCUT2D eigenvalue weighted by Gasteiger charge is 2.66. The van der Waals surface area contributed by atoms with Gasteiger partial charge in [0.25, 0.3) is 0 Å². The maximum atomic E-state index is 13.5. The Morgan fingerprint density at radius 3 is 2.04 bits per heavy atom. The van der Waals surface area contributed by atoms with Gasteiger partial charge in [-0.15, -0.1) is 11.6 Å². The van der Waals surface area contributed by atoms with Crippen molar-refractivity contribution in [3.8, 4) is 0 Å². The molecule has 1 aromatic heterocycles. The fourth-order valence-electron chi connectivity index (χ4n) is 4.20. The van der Waals surface area contributed by atoms with Gasteiger partial charge in [0.2, 0.25) is 0 Å². The van der Waals surface area contributed by atoms with Gasteiger partial charge < -0.3 is 4.74 Å². The number of rotatable bonds is 4. The molecule has 0 amide bonds. The number of cyclic esters (lactones) is 1. The van der Waals surface area contributed by atoms with Gasteiger partial charge in [0.15, 0.2) is 0 Å². The van der Waals surface area contributed by atoms with E-state index in [1.54, 1.807) is 0 Å². The van der Waals surface area contributed by atoms with E-state index in [0.717, 1.165) is 22.4 Å². The lowest BCUT2D eigenvalue weighted by Crippen LogP contribution is -2.51. The average Bonchev–Trinajstić information content (AvgIpc) is 3.11. The first-order chi connectivity index (χ1) is 13.4. The number of benzene rings is 2. The summed E-state index contributed by atoms with van der Waals surface area (Å²) in [6.07, 6.45) is 1.29. The second-order valence-electron chi connectivity index (χ2n) is 7.55. The molecule has 2 unspecified atom stereocenters. The zero-order chi connectivity index (χ0) is 19.9. The third kappa shape index (κ3) is 2.59. The zero-order valence-electron chi connectivity index (χ0n) is 16.2. The van der Waals surface area contributed by atoms with E-state index >= 15 is 0 Å². The second-order valence-corrected chi connectivity index (χ2v) is 8.33. The van der Waals surface area contributed by atoms with Crippen molar-refractivity contribution in [1.29, 1.82) is 0 Å². The van der Waals surface area contributed by atoms with E-state index in [0.29, 0.717) is 6.54 Å². The van der Waals surface area contributed by atoms with Crippen LogP contribution in [-0.4, -0.2) is 26.7 Å². The van der Waals surface area contributed by atoms with Crippen LogP contribution in [0.4, 0.5) is 0 Å². The van der Waals surface area contributed by atoms with Crippen molar-refractivity contribution >= 4 is 17.6 Å². The number of hydrogen-bond donors (Lipinski definition) is 0. The highest BCUT2D eigenvalue weighted by atomic mass is 35.5. The van der Waals surface area contributed by atoms with Crippen molar-refractivity contribution in [2.75, 3.05) is 0 Å². The number of aromatic nitrogens is 2. The first-order valence-electron chi connectivity index (χ1n) is 9.39. The predicted molar refractivity (Wildman–Crippen MR) is 110 cm³/mol. The first kappa shape index (κ1) is 18.8. The number of aryl methyl sites for hydroxylation is 1. The Balaban J connectivity index is 1.87. The largest absolute Gasteiger partial charge is 0.457 e. The third-order valence-electron chi connectivity index (χ3n) is 5.99. The average molecular weight is 395 g/mol. The molecule has 1 saturated heterocycles. The van der Waals surface area contributed by atoms with E-state index in [1.165, 1.54) is 0 Å². The molecule has 0 spiro atoms. The molecule has 2 atom stereocenters. The first-order valence-corrected chi connectivity index (χ1v) is 9.77. The molecule has 0 saturated carbocycles. The summed E-state index contributed by atoms with van der Waals surface area (Å²) in [5, 5.41) is 4.43. The lowest BCUT2D eigenvalue weighted by atomic mass is 9.65. The van der Waals surface area contributed by atoms with Gasteiger partial charge in [-0.1, -0.05) is 60.7 Å². The molecular formula is C23H23ClN2O2. The quantitative estimate of drug-likeness (QED) is 0.486. The van der Waals surface area contributed by atoms with Gasteiger partial charge in [-0.3, -0.25) is 9.48 Å². The summed E-state index contributed by atoms with van der Waals surface area (Å²) in [7, 11) is 0. The van der Waals surface area contributed by atoms with Crippen LogP contribution in [0.15, 0.2) is 66.9 Å². The molecule has 3 aromatic rings. The summed E-state index contributed by atoms with van der Waals surface area (Å²) in [4.78, 5) is 12.5. The standard InChI is InChI=1S/C23H23ClN2O2/c1-16-14-25-26(17(16)2)15-20-22(3,24)23(21(27)28-20,18-10-6-4-7-11-18)19-12-8-5-9-13-19/h4-14,20H,15H2,1-3H3. The van der Waals surface area contributed by atoms with Crippen LogP contribution in [0.3, 0.4) is 0 Å². The third-order valence-corrected chi connectivity index (χ3v) is 6.52. The Kier molecular flexibility index (Phi) is 4.54. The zero-order valence-corrected chi connectivity index (χ0v) is 17.0. The van der Waals surface area contributed by atoms with Crippen molar-refractivity contribution in [3.63, 3.8) is 0 Å². The van der Waals surface area contributed by atoms with Crippen molar-refractivity contribution < 1.29 is 9.53 Å². The summed E-state index contributed by atoms with van der Waals surface area (Å²) in [6, 6.07) is 19.3.